The number of carbonyl (C=O) groups is 2. The summed E-state index contributed by atoms with van der Waals surface area (Å²) in [5, 5.41) is 2.98. The summed E-state index contributed by atoms with van der Waals surface area (Å²) in [6.07, 6.45) is 1.42. The van der Waals surface area contributed by atoms with Gasteiger partial charge in [0.25, 0.3) is 0 Å². The Hall–Kier alpha value is -2.11. The van der Waals surface area contributed by atoms with E-state index in [-0.39, 0.29) is 30.2 Å². The number of nitrogens with one attached hydrogen (secondary N) is 1. The number of rotatable bonds is 2. The summed E-state index contributed by atoms with van der Waals surface area (Å²) in [6.45, 7) is 6.27. The summed E-state index contributed by atoms with van der Waals surface area (Å²) in [5.74, 6) is 0.622. The molecule has 3 amide bonds. The molecule has 24 heavy (non-hydrogen) atoms. The molecular weight excluding hydrogens is 309 g/mol. The van der Waals surface area contributed by atoms with Crippen LogP contribution in [0.25, 0.3) is 0 Å². The third kappa shape index (κ3) is 3.68. The van der Waals surface area contributed by atoms with Crippen molar-refractivity contribution in [2.45, 2.75) is 32.7 Å². The van der Waals surface area contributed by atoms with Crippen LogP contribution in [0.3, 0.4) is 0 Å². The Morgan fingerprint density at radius 3 is 2.38 bits per heavy atom. The van der Waals surface area contributed by atoms with Crippen molar-refractivity contribution in [2.24, 2.45) is 11.8 Å². The predicted octanol–water partition coefficient (Wildman–Crippen LogP) is 2.62. The minimum absolute atomic E-state index is 0.0488. The van der Waals surface area contributed by atoms with Crippen molar-refractivity contribution in [2.75, 3.05) is 24.5 Å². The zero-order chi connectivity index (χ0) is 17.3. The molecule has 0 aliphatic carbocycles. The lowest BCUT2D eigenvalue weighted by atomic mass is 9.92. The van der Waals surface area contributed by atoms with Crippen molar-refractivity contribution in [3.05, 3.63) is 30.1 Å². The molecule has 0 aromatic heterocycles. The number of piperidine rings is 1. The van der Waals surface area contributed by atoms with Gasteiger partial charge in [-0.1, -0.05) is 13.8 Å². The maximum Gasteiger partial charge on any atom is 0.317 e. The fraction of sp³-hybridized carbons (Fsp3) is 0.556. The van der Waals surface area contributed by atoms with E-state index in [0.717, 1.165) is 19.5 Å². The molecule has 0 unspecified atom stereocenters. The molecule has 130 valence electrons. The summed E-state index contributed by atoms with van der Waals surface area (Å²) in [4.78, 5) is 28.1. The average Bonchev–Trinajstić information content (AvgIpc) is 2.87. The minimum Gasteiger partial charge on any atom is -0.333 e. The third-order valence-electron chi connectivity index (χ3n) is 4.75. The van der Waals surface area contributed by atoms with Gasteiger partial charge < -0.3 is 15.1 Å². The van der Waals surface area contributed by atoms with Gasteiger partial charge in [-0.25, -0.2) is 9.18 Å². The molecule has 2 aliphatic rings. The van der Waals surface area contributed by atoms with Crippen molar-refractivity contribution in [1.29, 1.82) is 0 Å². The number of likely N-dealkylation sites (tertiary alicyclic amines) is 1. The molecule has 0 spiro atoms. The lowest BCUT2D eigenvalue weighted by molar-refractivity contribution is -0.117. The molecular formula is C18H24FN3O2. The zero-order valence-electron chi connectivity index (χ0n) is 14.2. The molecule has 2 aliphatic heterocycles. The topological polar surface area (TPSA) is 52.7 Å². The Bertz CT molecular complexity index is 609. The van der Waals surface area contributed by atoms with E-state index in [1.807, 2.05) is 4.90 Å². The highest BCUT2D eigenvalue weighted by molar-refractivity contribution is 5.96. The van der Waals surface area contributed by atoms with Crippen LogP contribution in [0.1, 0.15) is 26.7 Å². The van der Waals surface area contributed by atoms with Crippen LogP contribution in [0.5, 0.6) is 0 Å². The second-order valence-electron chi connectivity index (χ2n) is 7.18. The smallest absolute Gasteiger partial charge is 0.317 e. The Kier molecular flexibility index (Phi) is 4.73. The monoisotopic (exact) mass is 333 g/mol. The molecule has 0 saturated carbocycles. The summed E-state index contributed by atoms with van der Waals surface area (Å²) < 4.78 is 13.0. The lowest BCUT2D eigenvalue weighted by Crippen LogP contribution is -2.50. The number of urea groups is 1. The molecule has 2 saturated heterocycles. The SMILES string of the molecule is C[C@@H]1C[C@H](C)CN(C(=O)N[C@@H]2CC(=O)N(c3ccc(F)cc3)C2)C1. The van der Waals surface area contributed by atoms with Crippen LogP contribution < -0.4 is 10.2 Å². The van der Waals surface area contributed by atoms with Crippen LogP contribution in [0.4, 0.5) is 14.9 Å². The van der Waals surface area contributed by atoms with Crippen LogP contribution in [0.15, 0.2) is 24.3 Å². The molecule has 3 rings (SSSR count). The lowest BCUT2D eigenvalue weighted by Gasteiger charge is -2.35. The Morgan fingerprint density at radius 2 is 1.75 bits per heavy atom. The highest BCUT2D eigenvalue weighted by Crippen LogP contribution is 2.23. The van der Waals surface area contributed by atoms with Crippen LogP contribution in [-0.2, 0) is 4.79 Å². The van der Waals surface area contributed by atoms with Crippen LogP contribution in [-0.4, -0.2) is 42.5 Å². The van der Waals surface area contributed by atoms with Gasteiger partial charge in [-0.3, -0.25) is 4.79 Å². The van der Waals surface area contributed by atoms with Gasteiger partial charge in [-0.2, -0.15) is 0 Å². The predicted molar refractivity (Wildman–Crippen MR) is 90.2 cm³/mol. The molecule has 6 heteroatoms. The Morgan fingerprint density at radius 1 is 1.12 bits per heavy atom. The average molecular weight is 333 g/mol. The maximum atomic E-state index is 13.0. The Labute approximate surface area is 141 Å². The molecule has 5 nitrogen and oxygen atoms in total. The second kappa shape index (κ2) is 6.79. The second-order valence-corrected chi connectivity index (χ2v) is 7.18. The molecule has 2 heterocycles. The van der Waals surface area contributed by atoms with Gasteiger partial charge in [0.2, 0.25) is 5.91 Å². The normalized spacial score (nSPS) is 27.5. The Balaban J connectivity index is 1.59. The highest BCUT2D eigenvalue weighted by atomic mass is 19.1. The first-order chi connectivity index (χ1) is 11.4. The zero-order valence-corrected chi connectivity index (χ0v) is 14.2. The summed E-state index contributed by atoms with van der Waals surface area (Å²) in [6, 6.07) is 5.56. The van der Waals surface area contributed by atoms with Crippen molar-refractivity contribution < 1.29 is 14.0 Å². The van der Waals surface area contributed by atoms with E-state index >= 15 is 0 Å². The molecule has 0 bridgehead atoms. The van der Waals surface area contributed by atoms with Gasteiger partial charge in [-0.05, 0) is 42.5 Å². The summed E-state index contributed by atoms with van der Waals surface area (Å²) >= 11 is 0. The largest absolute Gasteiger partial charge is 0.333 e. The number of halogens is 1. The molecule has 1 aromatic rings. The minimum atomic E-state index is -0.330. The number of carbonyl (C=O) groups excluding carboxylic acids is 2. The highest BCUT2D eigenvalue weighted by Gasteiger charge is 2.33. The molecule has 2 fully saturated rings. The van der Waals surface area contributed by atoms with Crippen molar-refractivity contribution in [3.63, 3.8) is 0 Å². The number of hydrogen-bond donors (Lipinski definition) is 1. The van der Waals surface area contributed by atoms with Crippen molar-refractivity contribution in [1.82, 2.24) is 10.2 Å². The molecule has 1 N–H and O–H groups in total. The first kappa shape index (κ1) is 16.7. The first-order valence-corrected chi connectivity index (χ1v) is 8.53. The van der Waals surface area contributed by atoms with Gasteiger partial charge in [0.15, 0.2) is 0 Å². The maximum absolute atomic E-state index is 13.0. The van der Waals surface area contributed by atoms with Gasteiger partial charge in [0.1, 0.15) is 5.82 Å². The number of anilines is 1. The van der Waals surface area contributed by atoms with E-state index in [2.05, 4.69) is 19.2 Å². The van der Waals surface area contributed by atoms with Gasteiger partial charge >= 0.3 is 6.03 Å². The molecule has 1 aromatic carbocycles. The van der Waals surface area contributed by atoms with E-state index in [1.165, 1.54) is 12.1 Å². The fourth-order valence-corrected chi connectivity index (χ4v) is 3.77. The van der Waals surface area contributed by atoms with Crippen LogP contribution in [0.2, 0.25) is 0 Å². The third-order valence-corrected chi connectivity index (χ3v) is 4.75. The van der Waals surface area contributed by atoms with Gasteiger partial charge in [-0.15, -0.1) is 0 Å². The van der Waals surface area contributed by atoms with Gasteiger partial charge in [0, 0.05) is 31.7 Å². The van der Waals surface area contributed by atoms with Crippen molar-refractivity contribution in [3.8, 4) is 0 Å². The molecule has 0 radical (unpaired) electrons. The molecule has 3 atom stereocenters. The first-order valence-electron chi connectivity index (χ1n) is 8.53. The van der Waals surface area contributed by atoms with E-state index in [1.54, 1.807) is 17.0 Å². The van der Waals surface area contributed by atoms with Crippen LogP contribution in [0, 0.1) is 17.7 Å². The number of hydrogen-bond acceptors (Lipinski definition) is 2. The van der Waals surface area contributed by atoms with E-state index in [9.17, 15) is 14.0 Å². The number of amides is 3. The number of nitrogens with zero attached hydrogens (tertiary/aromatic N) is 2. The summed E-state index contributed by atoms with van der Waals surface area (Å²) in [5.41, 5.74) is 0.665. The standard InChI is InChI=1S/C18H24FN3O2/c1-12-7-13(2)10-21(9-12)18(24)20-15-8-17(23)22(11-15)16-5-3-14(19)4-6-16/h3-6,12-13,15H,7-11H2,1-2H3,(H,20,24)/t12-,13+,15-/m1/s1. The fourth-order valence-electron chi connectivity index (χ4n) is 3.77. The van der Waals surface area contributed by atoms with Gasteiger partial charge in [0.05, 0.1) is 6.04 Å². The number of benzene rings is 1. The van der Waals surface area contributed by atoms with E-state index in [0.29, 0.717) is 24.1 Å². The summed E-state index contributed by atoms with van der Waals surface area (Å²) in [7, 11) is 0. The quantitative estimate of drug-likeness (QED) is 0.904. The van der Waals surface area contributed by atoms with Crippen LogP contribution >= 0.6 is 0 Å². The van der Waals surface area contributed by atoms with E-state index in [4.69, 9.17) is 0 Å². The van der Waals surface area contributed by atoms with E-state index < -0.39 is 0 Å². The van der Waals surface area contributed by atoms with Crippen molar-refractivity contribution >= 4 is 17.6 Å².